The zero-order chi connectivity index (χ0) is 13.0. The molecule has 1 heterocycles. The first kappa shape index (κ1) is 15.9. The molecule has 1 amide bonds. The first-order valence-corrected chi connectivity index (χ1v) is 7.22. The second-order valence-electron chi connectivity index (χ2n) is 4.16. The molecule has 0 aliphatic heterocycles. The highest BCUT2D eigenvalue weighted by Crippen LogP contribution is 2.18. The molecular formula is C13H18ClN3OS. The summed E-state index contributed by atoms with van der Waals surface area (Å²) in [7, 11) is 0. The SMILES string of the molecule is CSCC[C@H](N)C(=O)Nc1ccc2[nH]ccc2c1.Cl. The van der Waals surface area contributed by atoms with Gasteiger partial charge in [-0.3, -0.25) is 4.79 Å². The van der Waals surface area contributed by atoms with Crippen LogP contribution in [0.2, 0.25) is 0 Å². The number of hydrogen-bond acceptors (Lipinski definition) is 3. The van der Waals surface area contributed by atoms with E-state index < -0.39 is 6.04 Å². The number of thioether (sulfide) groups is 1. The van der Waals surface area contributed by atoms with E-state index in [9.17, 15) is 4.79 Å². The van der Waals surface area contributed by atoms with Crippen LogP contribution in [0.25, 0.3) is 10.9 Å². The molecule has 0 radical (unpaired) electrons. The van der Waals surface area contributed by atoms with Gasteiger partial charge in [0.25, 0.3) is 0 Å². The average molecular weight is 300 g/mol. The van der Waals surface area contributed by atoms with E-state index >= 15 is 0 Å². The Morgan fingerprint density at radius 3 is 3.00 bits per heavy atom. The summed E-state index contributed by atoms with van der Waals surface area (Å²) in [5.41, 5.74) is 7.65. The molecule has 0 spiro atoms. The number of nitrogens with one attached hydrogen (secondary N) is 2. The summed E-state index contributed by atoms with van der Waals surface area (Å²) < 4.78 is 0. The van der Waals surface area contributed by atoms with Crippen molar-refractivity contribution in [1.29, 1.82) is 0 Å². The number of carbonyl (C=O) groups is 1. The molecule has 19 heavy (non-hydrogen) atoms. The number of hydrogen-bond donors (Lipinski definition) is 3. The first-order valence-electron chi connectivity index (χ1n) is 5.83. The Morgan fingerprint density at radius 2 is 2.26 bits per heavy atom. The van der Waals surface area contributed by atoms with E-state index in [0.29, 0.717) is 6.42 Å². The molecule has 1 atom stereocenters. The Balaban J connectivity index is 0.00000180. The van der Waals surface area contributed by atoms with Gasteiger partial charge in [0.05, 0.1) is 6.04 Å². The lowest BCUT2D eigenvalue weighted by Gasteiger charge is -2.11. The molecule has 4 nitrogen and oxygen atoms in total. The number of carbonyl (C=O) groups excluding carboxylic acids is 1. The minimum atomic E-state index is -0.445. The third kappa shape index (κ3) is 4.16. The second kappa shape index (κ2) is 7.43. The molecule has 0 aliphatic rings. The van der Waals surface area contributed by atoms with Crippen LogP contribution in [0.3, 0.4) is 0 Å². The summed E-state index contributed by atoms with van der Waals surface area (Å²) in [5.74, 6) is 0.768. The molecule has 6 heteroatoms. The number of halogens is 1. The molecule has 4 N–H and O–H groups in total. The molecule has 0 fully saturated rings. The number of aromatic amines is 1. The largest absolute Gasteiger partial charge is 0.361 e. The Hall–Kier alpha value is -1.17. The van der Waals surface area contributed by atoms with E-state index in [1.54, 1.807) is 11.8 Å². The van der Waals surface area contributed by atoms with Gasteiger partial charge in [0, 0.05) is 22.8 Å². The van der Waals surface area contributed by atoms with Crippen molar-refractivity contribution in [3.8, 4) is 0 Å². The van der Waals surface area contributed by atoms with E-state index in [0.717, 1.165) is 22.3 Å². The van der Waals surface area contributed by atoms with Gasteiger partial charge < -0.3 is 16.0 Å². The van der Waals surface area contributed by atoms with E-state index in [2.05, 4.69) is 10.3 Å². The summed E-state index contributed by atoms with van der Waals surface area (Å²) in [6.45, 7) is 0. The smallest absolute Gasteiger partial charge is 0.241 e. The minimum absolute atomic E-state index is 0. The van der Waals surface area contributed by atoms with E-state index in [1.165, 1.54) is 0 Å². The van der Waals surface area contributed by atoms with Crippen LogP contribution in [-0.2, 0) is 4.79 Å². The first-order chi connectivity index (χ1) is 8.70. The lowest BCUT2D eigenvalue weighted by atomic mass is 10.2. The number of benzene rings is 1. The predicted octanol–water partition coefficient (Wildman–Crippen LogP) is 2.61. The van der Waals surface area contributed by atoms with Crippen molar-refractivity contribution in [3.63, 3.8) is 0 Å². The van der Waals surface area contributed by atoms with Gasteiger partial charge in [-0.15, -0.1) is 12.4 Å². The Bertz CT molecular complexity index is 543. The Labute approximate surface area is 122 Å². The maximum Gasteiger partial charge on any atom is 0.241 e. The Kier molecular flexibility index (Phi) is 6.21. The molecule has 1 aromatic carbocycles. The van der Waals surface area contributed by atoms with Crippen LogP contribution in [0.15, 0.2) is 30.5 Å². The summed E-state index contributed by atoms with van der Waals surface area (Å²) in [4.78, 5) is 15.0. The molecular weight excluding hydrogens is 282 g/mol. The van der Waals surface area contributed by atoms with Crippen molar-refractivity contribution < 1.29 is 4.79 Å². The summed E-state index contributed by atoms with van der Waals surface area (Å²) in [6, 6.07) is 7.28. The van der Waals surface area contributed by atoms with Crippen LogP contribution in [0.5, 0.6) is 0 Å². The van der Waals surface area contributed by atoms with Crippen LogP contribution in [0.1, 0.15) is 6.42 Å². The van der Waals surface area contributed by atoms with Gasteiger partial charge in [-0.05, 0) is 42.7 Å². The average Bonchev–Trinajstić information content (AvgIpc) is 2.83. The van der Waals surface area contributed by atoms with E-state index in [-0.39, 0.29) is 18.3 Å². The molecule has 0 bridgehead atoms. The zero-order valence-corrected chi connectivity index (χ0v) is 12.3. The summed E-state index contributed by atoms with van der Waals surface area (Å²) in [5, 5.41) is 3.92. The summed E-state index contributed by atoms with van der Waals surface area (Å²) in [6.07, 6.45) is 4.57. The number of H-pyrrole nitrogens is 1. The van der Waals surface area contributed by atoms with Crippen LogP contribution >= 0.6 is 24.2 Å². The van der Waals surface area contributed by atoms with Gasteiger partial charge in [0.1, 0.15) is 0 Å². The quantitative estimate of drug-likeness (QED) is 0.795. The molecule has 2 rings (SSSR count). The molecule has 104 valence electrons. The number of amides is 1. The van der Waals surface area contributed by atoms with Crippen molar-refractivity contribution in [2.75, 3.05) is 17.3 Å². The van der Waals surface area contributed by atoms with Gasteiger partial charge in [-0.1, -0.05) is 0 Å². The molecule has 0 saturated heterocycles. The Morgan fingerprint density at radius 1 is 1.47 bits per heavy atom. The van der Waals surface area contributed by atoms with Crippen molar-refractivity contribution in [2.24, 2.45) is 5.73 Å². The predicted molar refractivity (Wildman–Crippen MR) is 85.2 cm³/mol. The molecule has 1 aromatic heterocycles. The number of fused-ring (bicyclic) bond motifs is 1. The third-order valence-corrected chi connectivity index (χ3v) is 3.43. The highest BCUT2D eigenvalue weighted by atomic mass is 35.5. The highest BCUT2D eigenvalue weighted by Gasteiger charge is 2.13. The second-order valence-corrected chi connectivity index (χ2v) is 5.14. The zero-order valence-electron chi connectivity index (χ0n) is 10.7. The lowest BCUT2D eigenvalue weighted by molar-refractivity contribution is -0.117. The van der Waals surface area contributed by atoms with E-state index in [1.807, 2.05) is 36.7 Å². The molecule has 0 aliphatic carbocycles. The third-order valence-electron chi connectivity index (χ3n) is 2.79. The van der Waals surface area contributed by atoms with Crippen molar-refractivity contribution in [2.45, 2.75) is 12.5 Å². The van der Waals surface area contributed by atoms with Gasteiger partial charge >= 0.3 is 0 Å². The van der Waals surface area contributed by atoms with E-state index in [4.69, 9.17) is 5.73 Å². The van der Waals surface area contributed by atoms with Crippen LogP contribution in [0.4, 0.5) is 5.69 Å². The van der Waals surface area contributed by atoms with Crippen LogP contribution in [-0.4, -0.2) is 28.9 Å². The number of nitrogens with two attached hydrogens (primary N) is 1. The van der Waals surface area contributed by atoms with Gasteiger partial charge in [-0.2, -0.15) is 11.8 Å². The van der Waals surface area contributed by atoms with Crippen LogP contribution < -0.4 is 11.1 Å². The number of rotatable bonds is 5. The minimum Gasteiger partial charge on any atom is -0.361 e. The topological polar surface area (TPSA) is 70.9 Å². The van der Waals surface area contributed by atoms with Gasteiger partial charge in [-0.25, -0.2) is 0 Å². The summed E-state index contributed by atoms with van der Waals surface area (Å²) >= 11 is 1.69. The fraction of sp³-hybridized carbons (Fsp3) is 0.308. The number of anilines is 1. The normalized spacial score (nSPS) is 11.9. The fourth-order valence-electron chi connectivity index (χ4n) is 1.74. The standard InChI is InChI=1S/C13H17N3OS.ClH/c1-18-7-5-11(14)13(17)16-10-2-3-12-9(8-10)4-6-15-12;/h2-4,6,8,11,15H,5,7,14H2,1H3,(H,16,17);1H/t11-;/m0./s1. The number of aromatic nitrogens is 1. The van der Waals surface area contributed by atoms with Crippen molar-refractivity contribution in [1.82, 2.24) is 4.98 Å². The fourth-order valence-corrected chi connectivity index (χ4v) is 2.23. The van der Waals surface area contributed by atoms with Crippen molar-refractivity contribution in [3.05, 3.63) is 30.5 Å². The molecule has 2 aromatic rings. The van der Waals surface area contributed by atoms with Crippen LogP contribution in [0, 0.1) is 0 Å². The van der Waals surface area contributed by atoms with Gasteiger partial charge in [0.2, 0.25) is 5.91 Å². The molecule has 0 unspecified atom stereocenters. The highest BCUT2D eigenvalue weighted by molar-refractivity contribution is 7.98. The maximum atomic E-state index is 11.8. The maximum absolute atomic E-state index is 11.8. The molecule has 0 saturated carbocycles. The lowest BCUT2D eigenvalue weighted by Crippen LogP contribution is -2.36. The van der Waals surface area contributed by atoms with Gasteiger partial charge in [0.15, 0.2) is 0 Å². The monoisotopic (exact) mass is 299 g/mol. The van der Waals surface area contributed by atoms with Crippen molar-refractivity contribution >= 4 is 46.7 Å².